The van der Waals surface area contributed by atoms with Crippen LogP contribution in [0.5, 0.6) is 0 Å². The van der Waals surface area contributed by atoms with Crippen LogP contribution in [0.3, 0.4) is 0 Å². The van der Waals surface area contributed by atoms with Gasteiger partial charge in [0.2, 0.25) is 0 Å². The van der Waals surface area contributed by atoms with Gasteiger partial charge in [0, 0.05) is 30.1 Å². The van der Waals surface area contributed by atoms with Crippen LogP contribution in [-0.4, -0.2) is 45.3 Å². The molecule has 4 heteroatoms. The summed E-state index contributed by atoms with van der Waals surface area (Å²) in [6, 6.07) is 8.46. The third-order valence-corrected chi connectivity index (χ3v) is 4.89. The molecule has 1 fully saturated rings. The lowest BCUT2D eigenvalue weighted by Gasteiger charge is -2.40. The van der Waals surface area contributed by atoms with Crippen molar-refractivity contribution >= 4 is 15.9 Å². The van der Waals surface area contributed by atoms with E-state index in [1.807, 2.05) is 7.11 Å². The fourth-order valence-corrected chi connectivity index (χ4v) is 3.57. The van der Waals surface area contributed by atoms with E-state index in [1.165, 1.54) is 22.9 Å². The molecular weight excluding hydrogens is 316 g/mol. The molecule has 0 amide bonds. The van der Waals surface area contributed by atoms with E-state index < -0.39 is 0 Å². The molecule has 3 nitrogen and oxygen atoms in total. The highest BCUT2D eigenvalue weighted by Crippen LogP contribution is 2.30. The minimum Gasteiger partial charge on any atom is -0.384 e. The quantitative estimate of drug-likeness (QED) is 0.861. The summed E-state index contributed by atoms with van der Waals surface area (Å²) in [5.74, 6) is 0. The lowest BCUT2D eigenvalue weighted by Crippen LogP contribution is -2.46. The summed E-state index contributed by atoms with van der Waals surface area (Å²) in [6.07, 6.45) is 2.39. The molecule has 1 aromatic carbocycles. The molecule has 0 spiro atoms. The van der Waals surface area contributed by atoms with Gasteiger partial charge >= 0.3 is 0 Å². The number of hydrogen-bond acceptors (Lipinski definition) is 3. The average molecular weight is 341 g/mol. The van der Waals surface area contributed by atoms with E-state index in [0.717, 1.165) is 32.8 Å². The van der Waals surface area contributed by atoms with Gasteiger partial charge in [-0.1, -0.05) is 34.1 Å². The van der Waals surface area contributed by atoms with Crippen molar-refractivity contribution in [2.75, 3.05) is 40.4 Å². The zero-order valence-electron chi connectivity index (χ0n) is 12.5. The number of rotatable bonds is 6. The molecule has 2 rings (SSSR count). The summed E-state index contributed by atoms with van der Waals surface area (Å²) < 4.78 is 6.69. The summed E-state index contributed by atoms with van der Waals surface area (Å²) >= 11 is 3.63. The summed E-state index contributed by atoms with van der Waals surface area (Å²) in [6.45, 7) is 5.12. The van der Waals surface area contributed by atoms with Gasteiger partial charge in [-0.25, -0.2) is 0 Å². The highest BCUT2D eigenvalue weighted by Gasteiger charge is 2.33. The van der Waals surface area contributed by atoms with Crippen molar-refractivity contribution in [3.8, 4) is 0 Å². The topological polar surface area (TPSA) is 24.5 Å². The maximum absolute atomic E-state index is 5.50. The fraction of sp³-hybridized carbons (Fsp3) is 0.625. The number of piperidine rings is 1. The number of ether oxygens (including phenoxy) is 1. The summed E-state index contributed by atoms with van der Waals surface area (Å²) in [4.78, 5) is 2.42. The lowest BCUT2D eigenvalue weighted by molar-refractivity contribution is 0.0268. The molecule has 1 aromatic rings. The first-order chi connectivity index (χ1) is 9.65. The Morgan fingerprint density at radius 3 is 2.65 bits per heavy atom. The SMILES string of the molecule is COCC1(CN(C)Cc2ccccc2Br)CCNCC1. The zero-order valence-corrected chi connectivity index (χ0v) is 14.1. The van der Waals surface area contributed by atoms with E-state index in [4.69, 9.17) is 4.74 Å². The largest absolute Gasteiger partial charge is 0.384 e. The second-order valence-electron chi connectivity index (χ2n) is 5.95. The second-order valence-corrected chi connectivity index (χ2v) is 6.80. The first-order valence-corrected chi connectivity index (χ1v) is 8.06. The monoisotopic (exact) mass is 340 g/mol. The van der Waals surface area contributed by atoms with E-state index in [-0.39, 0.29) is 0 Å². The van der Waals surface area contributed by atoms with Gasteiger partial charge in [-0.3, -0.25) is 0 Å². The van der Waals surface area contributed by atoms with Gasteiger partial charge in [0.1, 0.15) is 0 Å². The third-order valence-electron chi connectivity index (χ3n) is 4.12. The number of nitrogens with zero attached hydrogens (tertiary/aromatic N) is 1. The van der Waals surface area contributed by atoms with Crippen molar-refractivity contribution in [2.24, 2.45) is 5.41 Å². The first kappa shape index (κ1) is 16.0. The number of hydrogen-bond donors (Lipinski definition) is 1. The molecule has 0 aliphatic carbocycles. The second kappa shape index (κ2) is 7.55. The highest BCUT2D eigenvalue weighted by atomic mass is 79.9. The Balaban J connectivity index is 1.98. The summed E-state index contributed by atoms with van der Waals surface area (Å²) in [5.41, 5.74) is 1.65. The Morgan fingerprint density at radius 2 is 2.00 bits per heavy atom. The van der Waals surface area contributed by atoms with Crippen molar-refractivity contribution in [3.63, 3.8) is 0 Å². The minimum absolute atomic E-state index is 0.302. The fourth-order valence-electron chi connectivity index (χ4n) is 3.16. The smallest absolute Gasteiger partial charge is 0.0531 e. The number of benzene rings is 1. The van der Waals surface area contributed by atoms with Crippen molar-refractivity contribution in [1.29, 1.82) is 0 Å². The normalized spacial score (nSPS) is 18.4. The van der Waals surface area contributed by atoms with Crippen LogP contribution in [0.4, 0.5) is 0 Å². The Bertz CT molecular complexity index is 413. The highest BCUT2D eigenvalue weighted by molar-refractivity contribution is 9.10. The van der Waals surface area contributed by atoms with Crippen LogP contribution in [0, 0.1) is 5.41 Å². The lowest BCUT2D eigenvalue weighted by atomic mass is 9.79. The predicted octanol–water partition coefficient (Wildman–Crippen LogP) is 2.90. The average Bonchev–Trinajstić information content (AvgIpc) is 2.42. The van der Waals surface area contributed by atoms with E-state index in [1.54, 1.807) is 0 Å². The van der Waals surface area contributed by atoms with Crippen LogP contribution in [0.2, 0.25) is 0 Å². The maximum Gasteiger partial charge on any atom is 0.0531 e. The molecule has 112 valence electrons. The number of halogens is 1. The van der Waals surface area contributed by atoms with E-state index in [9.17, 15) is 0 Å². The zero-order chi connectivity index (χ0) is 14.4. The molecule has 0 saturated carbocycles. The van der Waals surface area contributed by atoms with Crippen LogP contribution in [0.15, 0.2) is 28.7 Å². The Labute approximate surface area is 130 Å². The van der Waals surface area contributed by atoms with Gasteiger partial charge in [0.15, 0.2) is 0 Å². The van der Waals surface area contributed by atoms with Crippen LogP contribution in [0.25, 0.3) is 0 Å². The van der Waals surface area contributed by atoms with Crippen molar-refractivity contribution < 1.29 is 4.74 Å². The summed E-state index contributed by atoms with van der Waals surface area (Å²) in [5, 5.41) is 3.45. The van der Waals surface area contributed by atoms with Gasteiger partial charge in [-0.05, 0) is 44.6 Å². The Kier molecular flexibility index (Phi) is 6.02. The molecule has 1 N–H and O–H groups in total. The summed E-state index contributed by atoms with van der Waals surface area (Å²) in [7, 11) is 4.02. The van der Waals surface area contributed by atoms with Gasteiger partial charge in [-0.15, -0.1) is 0 Å². The Morgan fingerprint density at radius 1 is 1.30 bits per heavy atom. The number of nitrogens with one attached hydrogen (secondary N) is 1. The first-order valence-electron chi connectivity index (χ1n) is 7.27. The van der Waals surface area contributed by atoms with Crippen LogP contribution >= 0.6 is 15.9 Å². The van der Waals surface area contributed by atoms with Crippen LogP contribution < -0.4 is 5.32 Å². The van der Waals surface area contributed by atoms with E-state index >= 15 is 0 Å². The molecule has 0 radical (unpaired) electrons. The molecule has 1 saturated heterocycles. The van der Waals surface area contributed by atoms with Gasteiger partial charge < -0.3 is 15.0 Å². The van der Waals surface area contributed by atoms with Crippen molar-refractivity contribution in [2.45, 2.75) is 19.4 Å². The standard InChI is InChI=1S/C16H25BrN2O/c1-19(11-14-5-3-4-6-15(14)17)12-16(13-20-2)7-9-18-10-8-16/h3-6,18H,7-13H2,1-2H3. The molecule has 20 heavy (non-hydrogen) atoms. The van der Waals surface area contributed by atoms with Gasteiger partial charge in [-0.2, -0.15) is 0 Å². The van der Waals surface area contributed by atoms with Crippen molar-refractivity contribution in [1.82, 2.24) is 10.2 Å². The van der Waals surface area contributed by atoms with Crippen LogP contribution in [-0.2, 0) is 11.3 Å². The third kappa shape index (κ3) is 4.29. The minimum atomic E-state index is 0.302. The molecule has 0 aromatic heterocycles. The molecule has 0 atom stereocenters. The van der Waals surface area contributed by atoms with Gasteiger partial charge in [0.05, 0.1) is 6.61 Å². The maximum atomic E-state index is 5.50. The van der Waals surface area contributed by atoms with Crippen LogP contribution in [0.1, 0.15) is 18.4 Å². The van der Waals surface area contributed by atoms with E-state index in [0.29, 0.717) is 5.41 Å². The Hall–Kier alpha value is -0.420. The van der Waals surface area contributed by atoms with E-state index in [2.05, 4.69) is 57.5 Å². The molecule has 1 aliphatic heterocycles. The van der Waals surface area contributed by atoms with Gasteiger partial charge in [0.25, 0.3) is 0 Å². The molecular formula is C16H25BrN2O. The molecule has 0 bridgehead atoms. The molecule has 1 heterocycles. The predicted molar refractivity (Wildman–Crippen MR) is 86.9 cm³/mol. The molecule has 1 aliphatic rings. The van der Waals surface area contributed by atoms with Crippen molar-refractivity contribution in [3.05, 3.63) is 34.3 Å². The number of methoxy groups -OCH3 is 1. The molecule has 0 unspecified atom stereocenters.